The van der Waals surface area contributed by atoms with E-state index in [1.54, 1.807) is 25.3 Å². The van der Waals surface area contributed by atoms with E-state index in [-0.39, 0.29) is 48.7 Å². The molecule has 22 heteroatoms. The molecule has 2 atom stereocenters. The highest BCUT2D eigenvalue weighted by atomic mass is 32.2. The van der Waals surface area contributed by atoms with Gasteiger partial charge in [-0.1, -0.05) is 0 Å². The van der Waals surface area contributed by atoms with E-state index in [1.807, 2.05) is 81.4 Å². The summed E-state index contributed by atoms with van der Waals surface area (Å²) in [6, 6.07) is 11.7. The van der Waals surface area contributed by atoms with Crippen LogP contribution in [-0.2, 0) is 64.4 Å². The Labute approximate surface area is 443 Å². The van der Waals surface area contributed by atoms with E-state index in [4.69, 9.17) is 23.2 Å². The molecule has 2 aliphatic rings. The summed E-state index contributed by atoms with van der Waals surface area (Å²) in [5.74, 6) is -2.13. The predicted octanol–water partition coefficient (Wildman–Crippen LogP) is 8.53. The number of carbonyl (C=O) groups excluding carboxylic acids is 1. The van der Waals surface area contributed by atoms with E-state index >= 15 is 0 Å². The van der Waals surface area contributed by atoms with Crippen LogP contribution in [0.3, 0.4) is 0 Å². The number of hydrogen-bond donors (Lipinski definition) is 4. The van der Waals surface area contributed by atoms with Gasteiger partial charge in [-0.2, -0.15) is 29.8 Å². The Balaban J connectivity index is 1.69. The average molecular weight is 1110 g/mol. The SMILES string of the molecule is COCCC1(C)/C(=C\C(C)=CC2=[N+](C(C)(C)CCOC(C)(C)C)c3ccc(S(=O)(=O)OC)cc3C2(C)CCCS(=O)(=O)O)N(C(C)(C)CCOC(C)(C)CCC(=O)On2c(O)ccc2O)c2ccc(S(=O)(=O)O)cc21. The first kappa shape index (κ1) is 61.2. The normalized spacial score (nSPS) is 19.5. The first-order chi connectivity index (χ1) is 34.3. The number of anilines is 1. The summed E-state index contributed by atoms with van der Waals surface area (Å²) in [7, 11) is -10.6. The van der Waals surface area contributed by atoms with Gasteiger partial charge in [0, 0.05) is 92.8 Å². The van der Waals surface area contributed by atoms with Crippen molar-refractivity contribution in [3.8, 4) is 11.8 Å². The fraction of sp³-hybridized carbons (Fsp3) is 0.585. The fourth-order valence-corrected chi connectivity index (χ4v) is 11.6. The Kier molecular flexibility index (Phi) is 18.3. The molecule has 0 amide bonds. The molecule has 0 aliphatic carbocycles. The largest absolute Gasteiger partial charge is 0.492 e. The first-order valence-electron chi connectivity index (χ1n) is 24.8. The van der Waals surface area contributed by atoms with Gasteiger partial charge in [-0.05, 0) is 149 Å². The van der Waals surface area contributed by atoms with Crippen molar-refractivity contribution in [1.82, 2.24) is 4.73 Å². The number of benzene rings is 2. The number of ether oxygens (including phenoxy) is 3. The highest BCUT2D eigenvalue weighted by Gasteiger charge is 2.53. The minimum Gasteiger partial charge on any atom is -0.492 e. The van der Waals surface area contributed by atoms with Gasteiger partial charge in [0.2, 0.25) is 17.4 Å². The Morgan fingerprint density at radius 2 is 1.35 bits per heavy atom. The number of aromatic nitrogens is 1. The summed E-state index contributed by atoms with van der Waals surface area (Å²) in [5.41, 5.74) is -0.0330. The Bertz CT molecular complexity index is 3040. The lowest BCUT2D eigenvalue weighted by Gasteiger charge is -2.42. The maximum Gasteiger partial charge on any atom is 0.333 e. The van der Waals surface area contributed by atoms with Crippen LogP contribution in [0.5, 0.6) is 11.8 Å². The Morgan fingerprint density at radius 1 is 0.747 bits per heavy atom. The van der Waals surface area contributed by atoms with Crippen molar-refractivity contribution < 1.29 is 77.2 Å². The molecule has 3 heterocycles. The van der Waals surface area contributed by atoms with Crippen LogP contribution in [0.4, 0.5) is 11.4 Å². The van der Waals surface area contributed by atoms with Crippen LogP contribution in [0.2, 0.25) is 0 Å². The van der Waals surface area contributed by atoms with E-state index in [2.05, 4.69) is 23.3 Å². The summed E-state index contributed by atoms with van der Waals surface area (Å²) >= 11 is 0. The van der Waals surface area contributed by atoms with E-state index in [9.17, 15) is 49.4 Å². The highest BCUT2D eigenvalue weighted by Crippen LogP contribution is 2.55. The van der Waals surface area contributed by atoms with Crippen LogP contribution in [0.1, 0.15) is 139 Å². The number of rotatable bonds is 25. The van der Waals surface area contributed by atoms with Crippen molar-refractivity contribution in [2.45, 2.75) is 171 Å². The van der Waals surface area contributed by atoms with Crippen molar-refractivity contribution in [2.24, 2.45) is 0 Å². The van der Waals surface area contributed by atoms with Crippen molar-refractivity contribution >= 4 is 53.4 Å². The lowest BCUT2D eigenvalue weighted by molar-refractivity contribution is -0.525. The number of hydrogen-bond acceptors (Lipinski definition) is 15. The highest BCUT2D eigenvalue weighted by molar-refractivity contribution is 7.86. The van der Waals surface area contributed by atoms with Crippen molar-refractivity contribution in [3.63, 3.8) is 0 Å². The zero-order valence-electron chi connectivity index (χ0n) is 45.8. The molecule has 4 N–H and O–H groups in total. The molecule has 0 fully saturated rings. The van der Waals surface area contributed by atoms with E-state index in [0.717, 1.165) is 12.8 Å². The van der Waals surface area contributed by atoms with Gasteiger partial charge in [0.05, 0.1) is 52.3 Å². The standard InChI is InChI=1S/C53H77N3O16S3/c1-36(32-43-52(11,23-15-31-73(60,61)62)40-35-38(75(66,67)69-14)17-19-42(40)54(43)49(5,6)25-29-70-48(2,3)4)33-44-53(12,27-28-68-13)39-34-37(74(63,64)65)16-18-41(39)55(44)50(7,8)26-30-71-51(9,10)24-22-47(59)72-56-45(57)20-21-46(56)58/h16-21,32-35H,15,22-31H2,1-14H3,(H3-,57,58,60,61,62,63,64,65)/p+1. The molecule has 0 saturated carbocycles. The maximum atomic E-state index is 13.3. The number of aromatic hydroxyl groups is 2. The maximum absolute atomic E-state index is 13.3. The molecule has 2 aliphatic heterocycles. The van der Waals surface area contributed by atoms with Gasteiger partial charge in [-0.3, -0.25) is 13.3 Å². The predicted molar refractivity (Wildman–Crippen MR) is 285 cm³/mol. The Morgan fingerprint density at radius 3 is 1.92 bits per heavy atom. The average Bonchev–Trinajstić information content (AvgIpc) is 3.82. The quantitative estimate of drug-likeness (QED) is 0.0352. The van der Waals surface area contributed by atoms with Crippen LogP contribution in [-0.4, -0.2) is 128 Å². The van der Waals surface area contributed by atoms with E-state index < -0.39 is 86.9 Å². The zero-order chi connectivity index (χ0) is 56.5. The van der Waals surface area contributed by atoms with Gasteiger partial charge in [0.25, 0.3) is 30.4 Å². The molecule has 19 nitrogen and oxygen atoms in total. The van der Waals surface area contributed by atoms with Crippen molar-refractivity contribution in [2.75, 3.05) is 44.7 Å². The number of allylic oxidation sites excluding steroid dienone is 4. The van der Waals surface area contributed by atoms with Crippen molar-refractivity contribution in [1.29, 1.82) is 0 Å². The first-order valence-corrected chi connectivity index (χ1v) is 29.3. The monoisotopic (exact) mass is 1110 g/mol. The second-order valence-electron chi connectivity index (χ2n) is 22.7. The lowest BCUT2D eigenvalue weighted by atomic mass is 9.75. The summed E-state index contributed by atoms with van der Waals surface area (Å²) in [5, 5.41) is 19.9. The van der Waals surface area contributed by atoms with Gasteiger partial charge in [-0.25, -0.2) is 4.79 Å². The van der Waals surface area contributed by atoms with E-state index in [0.29, 0.717) is 64.4 Å². The van der Waals surface area contributed by atoms with Crippen LogP contribution >= 0.6 is 0 Å². The molecule has 2 aromatic carbocycles. The van der Waals surface area contributed by atoms with Gasteiger partial charge in [0.1, 0.15) is 0 Å². The number of methoxy groups -OCH3 is 1. The topological polar surface area (TPSA) is 258 Å². The smallest absolute Gasteiger partial charge is 0.333 e. The summed E-state index contributed by atoms with van der Waals surface area (Å²) in [6.07, 6.45) is 5.61. The molecule has 5 rings (SSSR count). The molecule has 1 aromatic heterocycles. The molecular formula is C53H78N3O16S3+. The molecule has 0 radical (unpaired) electrons. The van der Waals surface area contributed by atoms with Gasteiger partial charge in [-0.15, -0.1) is 4.73 Å². The molecular weight excluding hydrogens is 1030 g/mol. The third kappa shape index (κ3) is 14.3. The number of fused-ring (bicyclic) bond motifs is 2. The van der Waals surface area contributed by atoms with Gasteiger partial charge >= 0.3 is 5.97 Å². The molecule has 0 spiro atoms. The molecule has 418 valence electrons. The minimum atomic E-state index is -4.65. The van der Waals surface area contributed by atoms with E-state index in [1.165, 1.54) is 30.3 Å². The fourth-order valence-electron chi connectivity index (χ4n) is 9.94. The second kappa shape index (κ2) is 22.4. The molecule has 2 unspecified atom stereocenters. The molecule has 75 heavy (non-hydrogen) atoms. The third-order valence-corrected chi connectivity index (χ3v) is 17.2. The van der Waals surface area contributed by atoms with Crippen LogP contribution in [0.25, 0.3) is 0 Å². The molecule has 0 saturated heterocycles. The summed E-state index contributed by atoms with van der Waals surface area (Å²) in [4.78, 5) is 19.6. The molecule has 3 aromatic rings. The van der Waals surface area contributed by atoms with Gasteiger partial charge in [0.15, 0.2) is 11.3 Å². The van der Waals surface area contributed by atoms with Crippen LogP contribution in [0, 0.1) is 0 Å². The third-order valence-electron chi connectivity index (χ3n) is 14.2. The summed E-state index contributed by atoms with van der Waals surface area (Å²) in [6.45, 7) is 24.4. The molecule has 0 bridgehead atoms. The number of carbonyl (C=O) groups is 1. The lowest BCUT2D eigenvalue weighted by Crippen LogP contribution is -2.45. The zero-order valence-corrected chi connectivity index (χ0v) is 48.3. The van der Waals surface area contributed by atoms with Crippen LogP contribution < -0.4 is 9.74 Å². The Hall–Kier alpha value is -4.65. The second-order valence-corrected chi connectivity index (χ2v) is 27.4. The van der Waals surface area contributed by atoms with Gasteiger partial charge < -0.3 is 34.2 Å². The van der Waals surface area contributed by atoms with Crippen molar-refractivity contribution in [3.05, 3.63) is 83.1 Å². The number of nitrogens with zero attached hydrogens (tertiary/aromatic N) is 3. The summed E-state index contributed by atoms with van der Waals surface area (Å²) < 4.78 is 123. The van der Waals surface area contributed by atoms with Crippen LogP contribution in [0.15, 0.2) is 81.7 Å². The minimum absolute atomic E-state index is 0.0171.